The Morgan fingerprint density at radius 2 is 1.59 bits per heavy atom. The van der Waals surface area contributed by atoms with Crippen molar-refractivity contribution >= 4 is 11.5 Å². The molecule has 22 heavy (non-hydrogen) atoms. The number of ketones is 1. The van der Waals surface area contributed by atoms with Gasteiger partial charge in [0.05, 0.1) is 0 Å². The van der Waals surface area contributed by atoms with Crippen LogP contribution in [-0.4, -0.2) is 12.0 Å². The van der Waals surface area contributed by atoms with Gasteiger partial charge in [-0.15, -0.1) is 0 Å². The van der Waals surface area contributed by atoms with Crippen molar-refractivity contribution in [3.63, 3.8) is 0 Å². The van der Waals surface area contributed by atoms with Crippen LogP contribution in [-0.2, 0) is 0 Å². The predicted molar refractivity (Wildman–Crippen MR) is 79.7 cm³/mol. The molecule has 0 spiro atoms. The van der Waals surface area contributed by atoms with E-state index in [0.717, 1.165) is 5.56 Å². The average Bonchev–Trinajstić information content (AvgIpc) is 2.47. The van der Waals surface area contributed by atoms with Gasteiger partial charge in [0.25, 0.3) is 0 Å². The van der Waals surface area contributed by atoms with Crippen LogP contribution in [0.25, 0.3) is 0 Å². The van der Waals surface area contributed by atoms with Crippen molar-refractivity contribution in [1.29, 1.82) is 0 Å². The molecule has 0 aliphatic carbocycles. The molecule has 0 fully saturated rings. The van der Waals surface area contributed by atoms with Crippen molar-refractivity contribution in [2.45, 2.75) is 13.1 Å². The van der Waals surface area contributed by atoms with E-state index in [-0.39, 0.29) is 11.3 Å². The molecule has 2 nitrogen and oxygen atoms in total. The van der Waals surface area contributed by atoms with E-state index in [0.29, 0.717) is 6.08 Å². The van der Waals surface area contributed by atoms with Gasteiger partial charge in [0.1, 0.15) is 5.70 Å². The van der Waals surface area contributed by atoms with E-state index in [1.54, 1.807) is 30.3 Å². The summed E-state index contributed by atoms with van der Waals surface area (Å²) in [6, 6.07) is 14.3. The number of aryl methyl sites for hydroxylation is 1. The van der Waals surface area contributed by atoms with Gasteiger partial charge in [-0.1, -0.05) is 48.0 Å². The summed E-state index contributed by atoms with van der Waals surface area (Å²) in [7, 11) is 0. The van der Waals surface area contributed by atoms with Crippen molar-refractivity contribution in [3.05, 3.63) is 77.5 Å². The lowest BCUT2D eigenvalue weighted by molar-refractivity contribution is -0.0903. The van der Waals surface area contributed by atoms with Crippen LogP contribution in [0.15, 0.2) is 66.4 Å². The molecule has 0 aliphatic rings. The largest absolute Gasteiger partial charge is 0.431 e. The number of nitrogens with one attached hydrogen (secondary N) is 1. The number of allylic oxidation sites excluding steroid dienone is 2. The topological polar surface area (TPSA) is 29.1 Å². The van der Waals surface area contributed by atoms with Crippen LogP contribution in [0.1, 0.15) is 15.9 Å². The van der Waals surface area contributed by atoms with Gasteiger partial charge in [-0.2, -0.15) is 13.2 Å². The molecular weight excluding hydrogens is 291 g/mol. The first-order chi connectivity index (χ1) is 10.4. The second-order valence-electron chi connectivity index (χ2n) is 4.78. The van der Waals surface area contributed by atoms with Crippen LogP contribution >= 0.6 is 0 Å². The Morgan fingerprint density at radius 3 is 2.14 bits per heavy atom. The summed E-state index contributed by atoms with van der Waals surface area (Å²) < 4.78 is 39.2. The number of alkyl halides is 3. The van der Waals surface area contributed by atoms with E-state index in [9.17, 15) is 18.0 Å². The third kappa shape index (κ3) is 4.22. The van der Waals surface area contributed by atoms with Crippen molar-refractivity contribution < 1.29 is 18.0 Å². The minimum Gasteiger partial charge on any atom is -0.351 e. The fraction of sp³-hybridized carbons (Fsp3) is 0.118. The number of halogens is 3. The standard InChI is InChI=1S/C17H14F3NO/c1-12-7-9-13(10-8-12)15(22)11-16(17(18,19)20)21-14-5-3-2-4-6-14/h2-11,21H,1H3/b16-11+. The highest BCUT2D eigenvalue weighted by molar-refractivity contribution is 6.05. The summed E-state index contributed by atoms with van der Waals surface area (Å²) >= 11 is 0. The lowest BCUT2D eigenvalue weighted by Gasteiger charge is -2.14. The van der Waals surface area contributed by atoms with Crippen LogP contribution in [0.5, 0.6) is 0 Å². The average molecular weight is 305 g/mol. The van der Waals surface area contributed by atoms with Crippen LogP contribution < -0.4 is 5.32 Å². The maximum atomic E-state index is 13.1. The van der Waals surface area contributed by atoms with Gasteiger partial charge in [0.15, 0.2) is 5.78 Å². The molecular formula is C17H14F3NO. The smallest absolute Gasteiger partial charge is 0.351 e. The van der Waals surface area contributed by atoms with Gasteiger partial charge in [0, 0.05) is 17.3 Å². The molecule has 2 rings (SSSR count). The Labute approximate surface area is 126 Å². The Bertz CT molecular complexity index is 673. The van der Waals surface area contributed by atoms with Crippen LogP contribution in [0.4, 0.5) is 18.9 Å². The van der Waals surface area contributed by atoms with Gasteiger partial charge < -0.3 is 5.32 Å². The third-order valence-electron chi connectivity index (χ3n) is 2.97. The summed E-state index contributed by atoms with van der Waals surface area (Å²) in [5.74, 6) is -0.698. The Balaban J connectivity index is 2.29. The second-order valence-corrected chi connectivity index (χ2v) is 4.78. The van der Waals surface area contributed by atoms with Crippen molar-refractivity contribution in [3.8, 4) is 0 Å². The lowest BCUT2D eigenvalue weighted by Crippen LogP contribution is -2.20. The van der Waals surface area contributed by atoms with Gasteiger partial charge in [-0.25, -0.2) is 0 Å². The van der Waals surface area contributed by atoms with E-state index in [2.05, 4.69) is 5.32 Å². The summed E-state index contributed by atoms with van der Waals surface area (Å²) in [5, 5.41) is 2.25. The summed E-state index contributed by atoms with van der Waals surface area (Å²) in [6.45, 7) is 1.84. The highest BCUT2D eigenvalue weighted by atomic mass is 19.4. The van der Waals surface area contributed by atoms with Crippen LogP contribution in [0.3, 0.4) is 0 Å². The molecule has 0 amide bonds. The molecule has 2 aromatic carbocycles. The molecule has 0 aromatic heterocycles. The fourth-order valence-electron chi connectivity index (χ4n) is 1.80. The molecule has 0 bridgehead atoms. The lowest BCUT2D eigenvalue weighted by atomic mass is 10.1. The van der Waals surface area contributed by atoms with Crippen molar-refractivity contribution in [2.24, 2.45) is 0 Å². The molecule has 0 heterocycles. The molecule has 5 heteroatoms. The van der Waals surface area contributed by atoms with E-state index >= 15 is 0 Å². The number of hydrogen-bond acceptors (Lipinski definition) is 2. The zero-order chi connectivity index (χ0) is 16.2. The number of hydrogen-bond donors (Lipinski definition) is 1. The zero-order valence-electron chi connectivity index (χ0n) is 11.8. The maximum absolute atomic E-state index is 13.1. The van der Waals surface area contributed by atoms with E-state index in [1.165, 1.54) is 24.3 Å². The van der Waals surface area contributed by atoms with E-state index < -0.39 is 17.7 Å². The van der Waals surface area contributed by atoms with E-state index in [4.69, 9.17) is 0 Å². The highest BCUT2D eigenvalue weighted by Gasteiger charge is 2.34. The highest BCUT2D eigenvalue weighted by Crippen LogP contribution is 2.27. The number of carbonyl (C=O) groups excluding carboxylic acids is 1. The fourth-order valence-corrected chi connectivity index (χ4v) is 1.80. The predicted octanol–water partition coefficient (Wildman–Crippen LogP) is 4.74. The summed E-state index contributed by atoms with van der Waals surface area (Å²) in [6.07, 6.45) is -4.06. The summed E-state index contributed by atoms with van der Waals surface area (Å²) in [5.41, 5.74) is 0.313. The Morgan fingerprint density at radius 1 is 1.00 bits per heavy atom. The van der Waals surface area contributed by atoms with Gasteiger partial charge >= 0.3 is 6.18 Å². The second kappa shape index (κ2) is 6.47. The molecule has 0 saturated heterocycles. The molecule has 0 unspecified atom stereocenters. The molecule has 114 valence electrons. The van der Waals surface area contributed by atoms with Crippen molar-refractivity contribution in [2.75, 3.05) is 5.32 Å². The molecule has 0 atom stereocenters. The van der Waals surface area contributed by atoms with Gasteiger partial charge in [-0.05, 0) is 19.1 Å². The number of benzene rings is 2. The Kier molecular flexibility index (Phi) is 4.65. The van der Waals surface area contributed by atoms with Crippen LogP contribution in [0, 0.1) is 6.92 Å². The van der Waals surface area contributed by atoms with Crippen LogP contribution in [0.2, 0.25) is 0 Å². The maximum Gasteiger partial charge on any atom is 0.431 e. The number of anilines is 1. The van der Waals surface area contributed by atoms with Crippen molar-refractivity contribution in [1.82, 2.24) is 0 Å². The first-order valence-electron chi connectivity index (χ1n) is 6.58. The number of carbonyl (C=O) groups is 1. The number of para-hydroxylation sites is 1. The molecule has 0 radical (unpaired) electrons. The normalized spacial score (nSPS) is 12.1. The third-order valence-corrected chi connectivity index (χ3v) is 2.97. The summed E-state index contributed by atoms with van der Waals surface area (Å²) in [4.78, 5) is 12.0. The minimum atomic E-state index is -4.64. The minimum absolute atomic E-state index is 0.210. The quantitative estimate of drug-likeness (QED) is 0.653. The first kappa shape index (κ1) is 15.8. The molecule has 0 aliphatic heterocycles. The monoisotopic (exact) mass is 305 g/mol. The molecule has 0 saturated carbocycles. The molecule has 2 aromatic rings. The van der Waals surface area contributed by atoms with Gasteiger partial charge in [-0.3, -0.25) is 4.79 Å². The Hall–Kier alpha value is -2.56. The zero-order valence-corrected chi connectivity index (χ0v) is 11.8. The van der Waals surface area contributed by atoms with E-state index in [1.807, 2.05) is 6.92 Å². The SMILES string of the molecule is Cc1ccc(C(=O)/C=C(/Nc2ccccc2)C(F)(F)F)cc1. The van der Waals surface area contributed by atoms with Gasteiger partial charge in [0.2, 0.25) is 0 Å². The first-order valence-corrected chi connectivity index (χ1v) is 6.58. The number of rotatable bonds is 4. The molecule has 1 N–H and O–H groups in total.